The van der Waals surface area contributed by atoms with E-state index in [0.717, 1.165) is 11.1 Å². The third kappa shape index (κ3) is 4.88. The van der Waals surface area contributed by atoms with Gasteiger partial charge in [-0.1, -0.05) is 18.2 Å². The van der Waals surface area contributed by atoms with Crippen molar-refractivity contribution in [2.45, 2.75) is 26.0 Å². The number of carbonyl (C=O) groups is 2. The molecule has 0 aliphatic carbocycles. The molecule has 146 valence electrons. The van der Waals surface area contributed by atoms with Gasteiger partial charge in [0.2, 0.25) is 6.79 Å². The fourth-order valence-corrected chi connectivity index (χ4v) is 2.61. The molecule has 1 N–H and O–H groups in total. The Kier molecular flexibility index (Phi) is 5.93. The van der Waals surface area contributed by atoms with E-state index in [1.807, 2.05) is 0 Å². The molecule has 0 aromatic heterocycles. The van der Waals surface area contributed by atoms with Crippen LogP contribution < -0.4 is 14.8 Å². The average molecular weight is 385 g/mol. The Morgan fingerprint density at radius 1 is 1.11 bits per heavy atom. The quantitative estimate of drug-likeness (QED) is 0.610. The van der Waals surface area contributed by atoms with Gasteiger partial charge in [0.1, 0.15) is 5.82 Å². The number of fused-ring (bicyclic) bond motifs is 1. The molecule has 3 rings (SSSR count). The van der Waals surface area contributed by atoms with E-state index in [0.29, 0.717) is 11.5 Å². The van der Waals surface area contributed by atoms with Gasteiger partial charge in [-0.15, -0.1) is 0 Å². The summed E-state index contributed by atoms with van der Waals surface area (Å²) in [4.78, 5) is 24.2. The Morgan fingerprint density at radius 2 is 1.82 bits per heavy atom. The molecule has 7 heteroatoms. The number of hydrogen-bond acceptors (Lipinski definition) is 5. The molecule has 6 nitrogen and oxygen atoms in total. The van der Waals surface area contributed by atoms with Crippen LogP contribution in [0.4, 0.5) is 4.39 Å². The zero-order valence-electron chi connectivity index (χ0n) is 15.5. The van der Waals surface area contributed by atoms with Crippen molar-refractivity contribution in [2.75, 3.05) is 6.79 Å². The highest BCUT2D eigenvalue weighted by molar-refractivity contribution is 5.90. The standard InChI is InChI=1S/C21H20FNO5/c1-13(16-5-7-17(22)8-6-16)23-21(25)14(2)28-20(24)10-4-15-3-9-18-19(11-15)27-12-26-18/h3-11,13-14H,12H2,1-2H3,(H,23,25)/b10-4+/t13-,14+/m0/s1. The van der Waals surface area contributed by atoms with Crippen LogP contribution >= 0.6 is 0 Å². The average Bonchev–Trinajstić information content (AvgIpc) is 3.14. The van der Waals surface area contributed by atoms with E-state index in [-0.39, 0.29) is 18.7 Å². The monoisotopic (exact) mass is 385 g/mol. The van der Waals surface area contributed by atoms with Gasteiger partial charge in [-0.2, -0.15) is 0 Å². The normalized spacial score (nSPS) is 14.5. The number of amides is 1. The lowest BCUT2D eigenvalue weighted by Gasteiger charge is -2.17. The minimum Gasteiger partial charge on any atom is -0.454 e. The Hall–Kier alpha value is -3.35. The van der Waals surface area contributed by atoms with Crippen LogP contribution in [0.5, 0.6) is 11.5 Å². The van der Waals surface area contributed by atoms with Crippen LogP contribution in [0.25, 0.3) is 6.08 Å². The Labute approximate surface area is 161 Å². The summed E-state index contributed by atoms with van der Waals surface area (Å²) < 4.78 is 28.6. The number of ether oxygens (including phenoxy) is 3. The van der Waals surface area contributed by atoms with E-state index in [2.05, 4.69) is 5.32 Å². The van der Waals surface area contributed by atoms with Crippen molar-refractivity contribution in [3.05, 3.63) is 65.5 Å². The van der Waals surface area contributed by atoms with Gasteiger partial charge < -0.3 is 19.5 Å². The third-order valence-electron chi connectivity index (χ3n) is 4.20. The van der Waals surface area contributed by atoms with Crippen molar-refractivity contribution in [3.63, 3.8) is 0 Å². The molecular weight excluding hydrogens is 365 g/mol. The zero-order chi connectivity index (χ0) is 20.1. The highest BCUT2D eigenvalue weighted by Gasteiger charge is 2.19. The smallest absolute Gasteiger partial charge is 0.331 e. The maximum absolute atomic E-state index is 13.0. The lowest BCUT2D eigenvalue weighted by atomic mass is 10.1. The molecule has 28 heavy (non-hydrogen) atoms. The van der Waals surface area contributed by atoms with Gasteiger partial charge in [-0.3, -0.25) is 4.79 Å². The number of benzene rings is 2. The van der Waals surface area contributed by atoms with Crippen molar-refractivity contribution < 1.29 is 28.2 Å². The molecule has 2 atom stereocenters. The SMILES string of the molecule is C[C@H](NC(=O)[C@@H](C)OC(=O)/C=C/c1ccc2c(c1)OCO2)c1ccc(F)cc1. The highest BCUT2D eigenvalue weighted by atomic mass is 19.1. The van der Waals surface area contributed by atoms with Crippen molar-refractivity contribution in [2.24, 2.45) is 0 Å². The van der Waals surface area contributed by atoms with E-state index >= 15 is 0 Å². The number of nitrogens with one attached hydrogen (secondary N) is 1. The lowest BCUT2D eigenvalue weighted by Crippen LogP contribution is -2.37. The summed E-state index contributed by atoms with van der Waals surface area (Å²) in [5, 5.41) is 2.73. The largest absolute Gasteiger partial charge is 0.454 e. The molecule has 1 amide bonds. The fourth-order valence-electron chi connectivity index (χ4n) is 2.61. The summed E-state index contributed by atoms with van der Waals surface area (Å²) in [5.41, 5.74) is 1.49. The molecule has 2 aromatic carbocycles. The number of carbonyl (C=O) groups excluding carboxylic acids is 2. The predicted octanol–water partition coefficient (Wildman–Crippen LogP) is 3.38. The fraction of sp³-hybridized carbons (Fsp3) is 0.238. The molecule has 0 saturated heterocycles. The molecule has 0 radical (unpaired) electrons. The molecule has 0 bridgehead atoms. The van der Waals surface area contributed by atoms with Crippen LogP contribution in [0.1, 0.15) is 31.0 Å². The van der Waals surface area contributed by atoms with E-state index in [4.69, 9.17) is 14.2 Å². The molecule has 2 aromatic rings. The van der Waals surface area contributed by atoms with Gasteiger partial charge >= 0.3 is 5.97 Å². The summed E-state index contributed by atoms with van der Waals surface area (Å²) in [5.74, 6) is -0.173. The molecule has 0 fully saturated rings. The van der Waals surface area contributed by atoms with Crippen molar-refractivity contribution >= 4 is 18.0 Å². The first kappa shape index (κ1) is 19.4. The van der Waals surface area contributed by atoms with Gasteiger partial charge in [0.25, 0.3) is 5.91 Å². The maximum Gasteiger partial charge on any atom is 0.331 e. The molecular formula is C21H20FNO5. The molecule has 0 saturated carbocycles. The van der Waals surface area contributed by atoms with E-state index in [9.17, 15) is 14.0 Å². The summed E-state index contributed by atoms with van der Waals surface area (Å²) in [6.45, 7) is 3.42. The summed E-state index contributed by atoms with van der Waals surface area (Å²) >= 11 is 0. The number of esters is 1. The maximum atomic E-state index is 13.0. The Morgan fingerprint density at radius 3 is 2.57 bits per heavy atom. The first-order valence-corrected chi connectivity index (χ1v) is 8.76. The van der Waals surface area contributed by atoms with Gasteiger partial charge in [0.15, 0.2) is 17.6 Å². The molecule has 0 unspecified atom stereocenters. The van der Waals surface area contributed by atoms with Crippen LogP contribution in [-0.4, -0.2) is 24.8 Å². The second-order valence-electron chi connectivity index (χ2n) is 6.31. The van der Waals surface area contributed by atoms with Crippen LogP contribution in [-0.2, 0) is 14.3 Å². The van der Waals surface area contributed by atoms with Gasteiger partial charge in [-0.25, -0.2) is 9.18 Å². The minimum atomic E-state index is -0.975. The van der Waals surface area contributed by atoms with Crippen molar-refractivity contribution in [1.29, 1.82) is 0 Å². The minimum absolute atomic E-state index is 0.174. The number of rotatable bonds is 6. The first-order chi connectivity index (χ1) is 13.4. The van der Waals surface area contributed by atoms with Gasteiger partial charge in [-0.05, 0) is 55.3 Å². The topological polar surface area (TPSA) is 73.9 Å². The molecule has 1 aliphatic rings. The molecule has 1 aliphatic heterocycles. The number of halogens is 1. The Balaban J connectivity index is 1.51. The summed E-state index contributed by atoms with van der Waals surface area (Å²) in [7, 11) is 0. The molecule has 1 heterocycles. The lowest BCUT2D eigenvalue weighted by molar-refractivity contribution is -0.150. The van der Waals surface area contributed by atoms with Gasteiger partial charge in [0, 0.05) is 6.08 Å². The van der Waals surface area contributed by atoms with Crippen LogP contribution in [0, 0.1) is 5.82 Å². The number of hydrogen-bond donors (Lipinski definition) is 1. The predicted molar refractivity (Wildman–Crippen MR) is 100 cm³/mol. The van der Waals surface area contributed by atoms with Crippen LogP contribution in [0.15, 0.2) is 48.5 Å². The Bertz CT molecular complexity index is 894. The second kappa shape index (κ2) is 8.56. The van der Waals surface area contributed by atoms with Crippen LogP contribution in [0.2, 0.25) is 0 Å². The second-order valence-corrected chi connectivity index (χ2v) is 6.31. The van der Waals surface area contributed by atoms with E-state index in [1.54, 1.807) is 43.3 Å². The van der Waals surface area contributed by atoms with E-state index in [1.165, 1.54) is 25.1 Å². The highest BCUT2D eigenvalue weighted by Crippen LogP contribution is 2.32. The van der Waals surface area contributed by atoms with E-state index < -0.39 is 18.0 Å². The zero-order valence-corrected chi connectivity index (χ0v) is 15.5. The van der Waals surface area contributed by atoms with Crippen LogP contribution in [0.3, 0.4) is 0 Å². The third-order valence-corrected chi connectivity index (χ3v) is 4.20. The first-order valence-electron chi connectivity index (χ1n) is 8.76. The van der Waals surface area contributed by atoms with Gasteiger partial charge in [0.05, 0.1) is 6.04 Å². The summed E-state index contributed by atoms with van der Waals surface area (Å²) in [6, 6.07) is 10.7. The van der Waals surface area contributed by atoms with Crippen molar-refractivity contribution in [3.8, 4) is 11.5 Å². The summed E-state index contributed by atoms with van der Waals surface area (Å²) in [6.07, 6.45) is 1.83. The molecule has 0 spiro atoms. The van der Waals surface area contributed by atoms with Crippen molar-refractivity contribution in [1.82, 2.24) is 5.32 Å².